The lowest BCUT2D eigenvalue weighted by Gasteiger charge is -2.24. The van der Waals surface area contributed by atoms with Gasteiger partial charge in [-0.15, -0.1) is 0 Å². The zero-order chi connectivity index (χ0) is 16.0. The highest BCUT2D eigenvalue weighted by atomic mass is 16.4. The van der Waals surface area contributed by atoms with E-state index >= 15 is 0 Å². The predicted octanol–water partition coefficient (Wildman–Crippen LogP) is 1.40. The maximum atomic E-state index is 11.8. The molecule has 21 heavy (non-hydrogen) atoms. The zero-order valence-corrected chi connectivity index (χ0v) is 12.8. The average Bonchev–Trinajstić information content (AvgIpc) is 2.42. The van der Waals surface area contributed by atoms with Crippen LogP contribution in [0.25, 0.3) is 6.08 Å². The molecular weight excluding hydrogens is 270 g/mol. The molecule has 0 atom stereocenters. The Morgan fingerprint density at radius 1 is 1.38 bits per heavy atom. The summed E-state index contributed by atoms with van der Waals surface area (Å²) in [6, 6.07) is 1.85. The van der Waals surface area contributed by atoms with Crippen molar-refractivity contribution in [2.45, 2.75) is 13.8 Å². The van der Waals surface area contributed by atoms with Crippen LogP contribution in [-0.4, -0.2) is 54.1 Å². The number of anilines is 1. The number of carbonyl (C=O) groups is 2. The molecule has 0 aliphatic rings. The monoisotopic (exact) mass is 291 g/mol. The number of nitrogens with zero attached hydrogens (tertiary/aromatic N) is 3. The van der Waals surface area contributed by atoms with Crippen molar-refractivity contribution in [2.75, 3.05) is 32.1 Å². The number of likely N-dealkylation sites (N-methyl/N-ethyl adjacent to an activating group) is 2. The fourth-order valence-corrected chi connectivity index (χ4v) is 1.82. The molecule has 1 amide bonds. The number of aryl methyl sites for hydroxylation is 1. The first-order valence-corrected chi connectivity index (χ1v) is 6.68. The standard InChI is InChI=1S/C15H21N3O3/c1-5-18(10-13(19)17(3)4)15-11(2)8-12(9-16-15)6-7-14(20)21/h6-9H,5,10H2,1-4H3,(H,20,21)/b7-6+. The number of amides is 1. The minimum Gasteiger partial charge on any atom is -0.478 e. The van der Waals surface area contributed by atoms with Gasteiger partial charge in [0.1, 0.15) is 5.82 Å². The summed E-state index contributed by atoms with van der Waals surface area (Å²) in [5.74, 6) is -0.253. The quantitative estimate of drug-likeness (QED) is 0.802. The van der Waals surface area contributed by atoms with Gasteiger partial charge in [0.25, 0.3) is 0 Å². The summed E-state index contributed by atoms with van der Waals surface area (Å²) < 4.78 is 0. The summed E-state index contributed by atoms with van der Waals surface area (Å²) in [5, 5.41) is 8.62. The first-order valence-electron chi connectivity index (χ1n) is 6.68. The third-order valence-electron chi connectivity index (χ3n) is 3.00. The summed E-state index contributed by atoms with van der Waals surface area (Å²) >= 11 is 0. The minimum atomic E-state index is -0.997. The van der Waals surface area contributed by atoms with Crippen molar-refractivity contribution in [2.24, 2.45) is 0 Å². The van der Waals surface area contributed by atoms with Crippen molar-refractivity contribution in [3.05, 3.63) is 29.5 Å². The number of carbonyl (C=O) groups excluding carboxylic acids is 1. The summed E-state index contributed by atoms with van der Waals surface area (Å²) in [5.41, 5.74) is 1.62. The molecular formula is C15H21N3O3. The molecule has 114 valence electrons. The number of carboxylic acids is 1. The van der Waals surface area contributed by atoms with Crippen molar-refractivity contribution in [3.8, 4) is 0 Å². The highest BCUT2D eigenvalue weighted by Gasteiger charge is 2.14. The van der Waals surface area contributed by atoms with Gasteiger partial charge in [0, 0.05) is 32.9 Å². The molecule has 0 radical (unpaired) electrons. The van der Waals surface area contributed by atoms with Crippen molar-refractivity contribution >= 4 is 23.8 Å². The molecule has 0 aliphatic heterocycles. The third kappa shape index (κ3) is 4.91. The van der Waals surface area contributed by atoms with E-state index in [2.05, 4.69) is 4.98 Å². The van der Waals surface area contributed by atoms with Gasteiger partial charge in [-0.25, -0.2) is 9.78 Å². The number of carboxylic acid groups (broad SMARTS) is 1. The van der Waals surface area contributed by atoms with Crippen LogP contribution in [0.4, 0.5) is 5.82 Å². The Balaban J connectivity index is 2.96. The van der Waals surface area contributed by atoms with Crippen molar-refractivity contribution in [1.82, 2.24) is 9.88 Å². The van der Waals surface area contributed by atoms with E-state index in [-0.39, 0.29) is 12.5 Å². The molecule has 0 aliphatic carbocycles. The number of aromatic nitrogens is 1. The van der Waals surface area contributed by atoms with E-state index in [9.17, 15) is 9.59 Å². The van der Waals surface area contributed by atoms with E-state index in [4.69, 9.17) is 5.11 Å². The van der Waals surface area contributed by atoms with Gasteiger partial charge in [0.2, 0.25) is 5.91 Å². The molecule has 6 nitrogen and oxygen atoms in total. The molecule has 1 N–H and O–H groups in total. The second-order valence-electron chi connectivity index (χ2n) is 4.88. The minimum absolute atomic E-state index is 0.00731. The van der Waals surface area contributed by atoms with E-state index in [1.54, 1.807) is 25.2 Å². The van der Waals surface area contributed by atoms with Gasteiger partial charge in [0.05, 0.1) is 6.54 Å². The number of hydrogen-bond acceptors (Lipinski definition) is 4. The maximum Gasteiger partial charge on any atom is 0.328 e. The smallest absolute Gasteiger partial charge is 0.328 e. The lowest BCUT2D eigenvalue weighted by molar-refractivity contribution is -0.131. The van der Waals surface area contributed by atoms with Crippen LogP contribution in [0.15, 0.2) is 18.3 Å². The van der Waals surface area contributed by atoms with E-state index < -0.39 is 5.97 Å². The molecule has 0 saturated heterocycles. The van der Waals surface area contributed by atoms with Gasteiger partial charge in [-0.2, -0.15) is 0 Å². The lowest BCUT2D eigenvalue weighted by Crippen LogP contribution is -2.37. The SMILES string of the molecule is CCN(CC(=O)N(C)C)c1ncc(/C=C/C(=O)O)cc1C. The maximum absolute atomic E-state index is 11.8. The van der Waals surface area contributed by atoms with E-state index in [0.717, 1.165) is 17.5 Å². The Morgan fingerprint density at radius 2 is 2.05 bits per heavy atom. The van der Waals surface area contributed by atoms with Gasteiger partial charge < -0.3 is 14.9 Å². The molecule has 0 aromatic carbocycles. The molecule has 6 heteroatoms. The first-order chi connectivity index (χ1) is 9.85. The second kappa shape index (κ2) is 7.42. The van der Waals surface area contributed by atoms with E-state index in [1.165, 1.54) is 6.08 Å². The average molecular weight is 291 g/mol. The Hall–Kier alpha value is -2.37. The number of rotatable bonds is 6. The van der Waals surface area contributed by atoms with Crippen LogP contribution in [0, 0.1) is 6.92 Å². The van der Waals surface area contributed by atoms with Gasteiger partial charge in [-0.1, -0.05) is 0 Å². The fraction of sp³-hybridized carbons (Fsp3) is 0.400. The molecule has 0 spiro atoms. The highest BCUT2D eigenvalue weighted by molar-refractivity contribution is 5.85. The summed E-state index contributed by atoms with van der Waals surface area (Å²) in [7, 11) is 3.44. The molecule has 0 unspecified atom stereocenters. The second-order valence-corrected chi connectivity index (χ2v) is 4.88. The molecule has 1 rings (SSSR count). The van der Waals surface area contributed by atoms with E-state index in [1.807, 2.05) is 24.8 Å². The number of aliphatic carboxylic acids is 1. The molecule has 0 bridgehead atoms. The molecule has 1 heterocycles. The Labute approximate surface area is 124 Å². The van der Waals surface area contributed by atoms with Crippen LogP contribution >= 0.6 is 0 Å². The Morgan fingerprint density at radius 3 is 2.52 bits per heavy atom. The summed E-state index contributed by atoms with van der Waals surface area (Å²) in [6.07, 6.45) is 4.17. The van der Waals surface area contributed by atoms with Crippen LogP contribution in [0.3, 0.4) is 0 Å². The largest absolute Gasteiger partial charge is 0.478 e. The van der Waals surface area contributed by atoms with Crippen LogP contribution in [0.5, 0.6) is 0 Å². The third-order valence-corrected chi connectivity index (χ3v) is 3.00. The van der Waals surface area contributed by atoms with Crippen LogP contribution in [0.1, 0.15) is 18.1 Å². The zero-order valence-electron chi connectivity index (χ0n) is 12.8. The van der Waals surface area contributed by atoms with Gasteiger partial charge >= 0.3 is 5.97 Å². The Kier molecular flexibility index (Phi) is 5.90. The van der Waals surface area contributed by atoms with Crippen LogP contribution in [0.2, 0.25) is 0 Å². The van der Waals surface area contributed by atoms with Crippen LogP contribution < -0.4 is 4.90 Å². The first kappa shape index (κ1) is 16.7. The van der Waals surface area contributed by atoms with E-state index in [0.29, 0.717) is 12.1 Å². The summed E-state index contributed by atoms with van der Waals surface area (Å²) in [4.78, 5) is 30.1. The molecule has 0 fully saturated rings. The molecule has 1 aromatic rings. The van der Waals surface area contributed by atoms with Crippen LogP contribution in [-0.2, 0) is 9.59 Å². The number of pyridine rings is 1. The topological polar surface area (TPSA) is 73.7 Å². The lowest BCUT2D eigenvalue weighted by atomic mass is 10.2. The van der Waals surface area contributed by atoms with Crippen molar-refractivity contribution in [1.29, 1.82) is 0 Å². The fourth-order valence-electron chi connectivity index (χ4n) is 1.82. The van der Waals surface area contributed by atoms with Crippen molar-refractivity contribution < 1.29 is 14.7 Å². The molecule has 0 saturated carbocycles. The Bertz CT molecular complexity index is 553. The van der Waals surface area contributed by atoms with Gasteiger partial charge in [-0.05, 0) is 37.1 Å². The summed E-state index contributed by atoms with van der Waals surface area (Å²) in [6.45, 7) is 4.78. The van der Waals surface area contributed by atoms with Gasteiger partial charge in [-0.3, -0.25) is 4.79 Å². The highest BCUT2D eigenvalue weighted by Crippen LogP contribution is 2.18. The predicted molar refractivity (Wildman–Crippen MR) is 82.2 cm³/mol. The van der Waals surface area contributed by atoms with Crippen molar-refractivity contribution in [3.63, 3.8) is 0 Å². The normalized spacial score (nSPS) is 10.7. The van der Waals surface area contributed by atoms with Gasteiger partial charge in [0.15, 0.2) is 0 Å². The number of hydrogen-bond donors (Lipinski definition) is 1. The molecule has 1 aromatic heterocycles.